The zero-order valence-electron chi connectivity index (χ0n) is 6.04. The van der Waals surface area contributed by atoms with Gasteiger partial charge in [0.1, 0.15) is 5.10 Å². The van der Waals surface area contributed by atoms with E-state index >= 15 is 0 Å². The van der Waals surface area contributed by atoms with E-state index in [1.807, 2.05) is 0 Å². The molecule has 0 aromatic heterocycles. The van der Waals surface area contributed by atoms with Crippen molar-refractivity contribution in [3.63, 3.8) is 0 Å². The number of guanidine groups is 1. The number of nitrogens with one attached hydrogen (secondary N) is 2. The summed E-state index contributed by atoms with van der Waals surface area (Å²) in [6.45, 7) is 1.50. The third-order valence-corrected chi connectivity index (χ3v) is 1.37. The fourth-order valence-corrected chi connectivity index (χ4v) is 0.878. The van der Waals surface area contributed by atoms with Crippen molar-refractivity contribution in [2.45, 2.75) is 12.8 Å². The number of nitro groups is 1. The maximum absolute atomic E-state index is 9.92. The second-order valence-corrected chi connectivity index (χ2v) is 2.25. The quantitative estimate of drug-likeness (QED) is 0.398. The molecule has 11 heavy (non-hydrogen) atoms. The van der Waals surface area contributed by atoms with Crippen molar-refractivity contribution in [3.8, 4) is 0 Å². The van der Waals surface area contributed by atoms with E-state index in [0.717, 1.165) is 25.9 Å². The van der Waals surface area contributed by atoms with Gasteiger partial charge in [0.25, 0.3) is 5.96 Å². The van der Waals surface area contributed by atoms with Crippen LogP contribution in [0.15, 0.2) is 5.10 Å². The molecular formula is C5H10N4O2. The summed E-state index contributed by atoms with van der Waals surface area (Å²) in [5.74, 6) is 0.271. The van der Waals surface area contributed by atoms with Crippen LogP contribution in [0.3, 0.4) is 0 Å². The summed E-state index contributed by atoms with van der Waals surface area (Å²) in [7, 11) is 0. The van der Waals surface area contributed by atoms with E-state index in [-0.39, 0.29) is 5.96 Å². The highest BCUT2D eigenvalue weighted by Gasteiger charge is 2.06. The Morgan fingerprint density at radius 3 is 2.36 bits per heavy atom. The molecule has 1 fully saturated rings. The Morgan fingerprint density at radius 1 is 1.36 bits per heavy atom. The summed E-state index contributed by atoms with van der Waals surface area (Å²) in [6.07, 6.45) is 2.04. The molecule has 1 aliphatic rings. The minimum atomic E-state index is -0.708. The summed E-state index contributed by atoms with van der Waals surface area (Å²) in [5.41, 5.74) is 0. The highest BCUT2D eigenvalue weighted by molar-refractivity contribution is 5.79. The van der Waals surface area contributed by atoms with Gasteiger partial charge in [0, 0.05) is 13.1 Å². The van der Waals surface area contributed by atoms with Gasteiger partial charge in [-0.05, 0) is 12.8 Å². The van der Waals surface area contributed by atoms with E-state index in [1.165, 1.54) is 0 Å². The van der Waals surface area contributed by atoms with E-state index in [2.05, 4.69) is 15.7 Å². The Bertz CT molecular complexity index is 169. The Morgan fingerprint density at radius 2 is 1.91 bits per heavy atom. The largest absolute Gasteiger partial charge is 0.351 e. The zero-order valence-corrected chi connectivity index (χ0v) is 6.04. The molecule has 0 aromatic rings. The van der Waals surface area contributed by atoms with Crippen molar-refractivity contribution in [3.05, 3.63) is 10.1 Å². The molecule has 0 spiro atoms. The molecule has 1 rings (SSSR count). The topological polar surface area (TPSA) is 79.6 Å². The van der Waals surface area contributed by atoms with Crippen LogP contribution in [0.25, 0.3) is 0 Å². The number of rotatable bonds is 1. The number of hydrogen-bond acceptors (Lipinski definition) is 2. The third-order valence-electron chi connectivity index (χ3n) is 1.37. The zero-order chi connectivity index (χ0) is 8.10. The summed E-state index contributed by atoms with van der Waals surface area (Å²) in [4.78, 5) is 9.92. The fraction of sp³-hybridized carbons (Fsp3) is 0.800. The van der Waals surface area contributed by atoms with Crippen molar-refractivity contribution >= 4 is 5.96 Å². The summed E-state index contributed by atoms with van der Waals surface area (Å²) in [6, 6.07) is 0. The van der Waals surface area contributed by atoms with Gasteiger partial charge in [-0.1, -0.05) is 0 Å². The first-order valence-electron chi connectivity index (χ1n) is 3.50. The molecule has 6 heteroatoms. The first-order chi connectivity index (χ1) is 5.29. The van der Waals surface area contributed by atoms with Gasteiger partial charge in [-0.3, -0.25) is 0 Å². The molecule has 0 atom stereocenters. The lowest BCUT2D eigenvalue weighted by Gasteiger charge is -2.00. The van der Waals surface area contributed by atoms with Crippen molar-refractivity contribution in [1.29, 1.82) is 0 Å². The van der Waals surface area contributed by atoms with Crippen LogP contribution in [-0.2, 0) is 0 Å². The van der Waals surface area contributed by atoms with Gasteiger partial charge in [-0.25, -0.2) is 10.1 Å². The molecule has 0 bridgehead atoms. The van der Waals surface area contributed by atoms with Crippen LogP contribution >= 0.6 is 0 Å². The molecule has 2 N–H and O–H groups in total. The lowest BCUT2D eigenvalue weighted by molar-refractivity contribution is -0.485. The molecule has 1 heterocycles. The van der Waals surface area contributed by atoms with Gasteiger partial charge in [0.05, 0.1) is 0 Å². The average Bonchev–Trinajstić information content (AvgIpc) is 2.14. The average molecular weight is 158 g/mol. The van der Waals surface area contributed by atoms with Crippen molar-refractivity contribution in [2.24, 2.45) is 5.10 Å². The lowest BCUT2D eigenvalue weighted by Crippen LogP contribution is -2.35. The van der Waals surface area contributed by atoms with Gasteiger partial charge in [0.2, 0.25) is 0 Å². The molecular weight excluding hydrogens is 148 g/mol. The second-order valence-electron chi connectivity index (χ2n) is 2.25. The molecule has 0 radical (unpaired) electrons. The van der Waals surface area contributed by atoms with Gasteiger partial charge in [-0.2, -0.15) is 0 Å². The first kappa shape index (κ1) is 7.77. The molecule has 1 saturated heterocycles. The van der Waals surface area contributed by atoms with Gasteiger partial charge >= 0.3 is 0 Å². The molecule has 0 amide bonds. The van der Waals surface area contributed by atoms with E-state index in [0.29, 0.717) is 0 Å². The van der Waals surface area contributed by atoms with Crippen molar-refractivity contribution in [1.82, 2.24) is 10.6 Å². The predicted octanol–water partition coefficient (Wildman–Crippen LogP) is -0.493. The van der Waals surface area contributed by atoms with Crippen LogP contribution in [0.2, 0.25) is 0 Å². The van der Waals surface area contributed by atoms with E-state index in [4.69, 9.17) is 0 Å². The molecule has 1 aliphatic heterocycles. The van der Waals surface area contributed by atoms with Crippen molar-refractivity contribution < 1.29 is 5.03 Å². The minimum absolute atomic E-state index is 0.271. The fourth-order valence-electron chi connectivity index (χ4n) is 0.878. The smallest absolute Gasteiger partial charge is 0.268 e. The summed E-state index contributed by atoms with van der Waals surface area (Å²) < 4.78 is 0. The van der Waals surface area contributed by atoms with Crippen LogP contribution < -0.4 is 10.6 Å². The molecule has 0 aliphatic carbocycles. The van der Waals surface area contributed by atoms with Crippen LogP contribution in [0.5, 0.6) is 0 Å². The predicted molar refractivity (Wildman–Crippen MR) is 39.7 cm³/mol. The third kappa shape index (κ3) is 2.83. The standard InChI is InChI=1S/C5H10N4O2/c10-9(11)8-5-6-3-1-2-4-7-5/h1-4H2,(H2,6,7,8). The Kier molecular flexibility index (Phi) is 2.65. The first-order valence-corrected chi connectivity index (χ1v) is 3.50. The number of hydrazone groups is 1. The molecule has 0 saturated carbocycles. The van der Waals surface area contributed by atoms with Crippen LogP contribution in [0, 0.1) is 10.1 Å². The number of nitrogens with zero attached hydrogens (tertiary/aromatic N) is 2. The maximum atomic E-state index is 9.92. The van der Waals surface area contributed by atoms with Gasteiger partial charge < -0.3 is 10.6 Å². The van der Waals surface area contributed by atoms with E-state index < -0.39 is 5.03 Å². The lowest BCUT2D eigenvalue weighted by atomic mass is 10.3. The minimum Gasteiger partial charge on any atom is -0.351 e. The van der Waals surface area contributed by atoms with Crippen LogP contribution in [0.4, 0.5) is 0 Å². The maximum Gasteiger partial charge on any atom is 0.268 e. The normalized spacial score (nSPS) is 17.6. The Labute approximate surface area is 63.8 Å². The summed E-state index contributed by atoms with van der Waals surface area (Å²) >= 11 is 0. The molecule has 0 unspecified atom stereocenters. The Hall–Kier alpha value is -1.33. The SMILES string of the molecule is O=[N+]([O-])N=C1NCCCCN1. The second kappa shape index (κ2) is 3.75. The highest BCUT2D eigenvalue weighted by atomic mass is 16.7. The van der Waals surface area contributed by atoms with E-state index in [9.17, 15) is 10.1 Å². The molecule has 62 valence electrons. The number of hydrogen-bond donors (Lipinski definition) is 2. The van der Waals surface area contributed by atoms with Crippen molar-refractivity contribution in [2.75, 3.05) is 13.1 Å². The Balaban J connectivity index is 2.48. The molecule has 0 aromatic carbocycles. The monoisotopic (exact) mass is 158 g/mol. The van der Waals surface area contributed by atoms with Gasteiger partial charge in [-0.15, -0.1) is 0 Å². The highest BCUT2D eigenvalue weighted by Crippen LogP contribution is 1.89. The van der Waals surface area contributed by atoms with Gasteiger partial charge in [0.15, 0.2) is 5.03 Å². The van der Waals surface area contributed by atoms with Crippen LogP contribution in [-0.4, -0.2) is 24.1 Å². The summed E-state index contributed by atoms with van der Waals surface area (Å²) in [5, 5.41) is 17.9. The van der Waals surface area contributed by atoms with E-state index in [1.54, 1.807) is 0 Å². The van der Waals surface area contributed by atoms with Crippen LogP contribution in [0.1, 0.15) is 12.8 Å². The molecule has 6 nitrogen and oxygen atoms in total.